The first kappa shape index (κ1) is 13.9. The Bertz CT molecular complexity index is 320. The molecule has 0 spiro atoms. The second-order valence-corrected chi connectivity index (χ2v) is 4.59. The van der Waals surface area contributed by atoms with Crippen molar-refractivity contribution in [3.63, 3.8) is 0 Å². The fourth-order valence-electron chi connectivity index (χ4n) is 1.21. The second kappa shape index (κ2) is 8.90. The molecule has 1 aromatic carbocycles. The average molecular weight is 254 g/mol. The number of urea groups is 1. The van der Waals surface area contributed by atoms with Crippen LogP contribution in [0.3, 0.4) is 0 Å². The van der Waals surface area contributed by atoms with Crippen LogP contribution in [0.15, 0.2) is 35.2 Å². The molecular formula is C12H18N2O2S. The second-order valence-electron chi connectivity index (χ2n) is 3.42. The quantitative estimate of drug-likeness (QED) is 0.510. The predicted octanol–water partition coefficient (Wildman–Crippen LogP) is 1.46. The molecule has 4 nitrogen and oxygen atoms in total. The van der Waals surface area contributed by atoms with E-state index < -0.39 is 0 Å². The van der Waals surface area contributed by atoms with E-state index >= 15 is 0 Å². The molecule has 5 heteroatoms. The Labute approximate surface area is 106 Å². The molecule has 0 fully saturated rings. The third-order valence-corrected chi connectivity index (χ3v) is 3.11. The molecule has 0 aliphatic heterocycles. The van der Waals surface area contributed by atoms with Gasteiger partial charge in [0.1, 0.15) is 0 Å². The van der Waals surface area contributed by atoms with Crippen molar-refractivity contribution in [2.24, 2.45) is 0 Å². The lowest BCUT2D eigenvalue weighted by Gasteiger charge is -2.06. The van der Waals surface area contributed by atoms with Crippen molar-refractivity contribution in [2.45, 2.75) is 11.3 Å². The molecular weight excluding hydrogens is 236 g/mol. The standard InChI is InChI=1S/C12H18N2O2S/c15-9-8-14-12(16)13-7-4-10-17-11-5-2-1-3-6-11/h1-3,5-6,15H,4,7-10H2,(H2,13,14,16). The number of aliphatic hydroxyl groups is 1. The third kappa shape index (κ3) is 6.86. The van der Waals surface area contributed by atoms with Gasteiger partial charge in [0, 0.05) is 18.0 Å². The number of aliphatic hydroxyl groups excluding tert-OH is 1. The maximum absolute atomic E-state index is 11.1. The van der Waals surface area contributed by atoms with Crippen LogP contribution in [0.4, 0.5) is 4.79 Å². The molecule has 0 unspecified atom stereocenters. The van der Waals surface area contributed by atoms with Gasteiger partial charge in [-0.05, 0) is 24.3 Å². The molecule has 17 heavy (non-hydrogen) atoms. The van der Waals surface area contributed by atoms with Crippen LogP contribution < -0.4 is 10.6 Å². The number of thioether (sulfide) groups is 1. The highest BCUT2D eigenvalue weighted by Gasteiger charge is 1.97. The summed E-state index contributed by atoms with van der Waals surface area (Å²) in [6.07, 6.45) is 0.923. The molecule has 0 heterocycles. The van der Waals surface area contributed by atoms with E-state index in [1.165, 1.54) is 4.90 Å². The first-order chi connectivity index (χ1) is 8.33. The Morgan fingerprint density at radius 2 is 1.88 bits per heavy atom. The van der Waals surface area contributed by atoms with Crippen LogP contribution in [0.1, 0.15) is 6.42 Å². The monoisotopic (exact) mass is 254 g/mol. The number of benzene rings is 1. The fourth-order valence-corrected chi connectivity index (χ4v) is 2.09. The number of carbonyl (C=O) groups excluding carboxylic acids is 1. The van der Waals surface area contributed by atoms with Gasteiger partial charge in [-0.2, -0.15) is 0 Å². The minimum Gasteiger partial charge on any atom is -0.395 e. The Morgan fingerprint density at radius 1 is 1.18 bits per heavy atom. The summed E-state index contributed by atoms with van der Waals surface area (Å²) < 4.78 is 0. The number of carbonyl (C=O) groups is 1. The average Bonchev–Trinajstić information content (AvgIpc) is 2.37. The molecule has 0 saturated carbocycles. The van der Waals surface area contributed by atoms with Crippen LogP contribution in [-0.4, -0.2) is 36.6 Å². The lowest BCUT2D eigenvalue weighted by atomic mass is 10.4. The van der Waals surface area contributed by atoms with E-state index in [1.807, 2.05) is 18.2 Å². The molecule has 1 rings (SSSR count). The summed E-state index contributed by atoms with van der Waals surface area (Å²) in [5, 5.41) is 13.8. The van der Waals surface area contributed by atoms with E-state index in [2.05, 4.69) is 22.8 Å². The smallest absolute Gasteiger partial charge is 0.314 e. The fraction of sp³-hybridized carbons (Fsp3) is 0.417. The normalized spacial score (nSPS) is 9.94. The Morgan fingerprint density at radius 3 is 2.59 bits per heavy atom. The van der Waals surface area contributed by atoms with Gasteiger partial charge in [0.25, 0.3) is 0 Å². The maximum atomic E-state index is 11.1. The Kier molecular flexibility index (Phi) is 7.25. The summed E-state index contributed by atoms with van der Waals surface area (Å²) >= 11 is 1.78. The highest BCUT2D eigenvalue weighted by Crippen LogP contribution is 2.17. The van der Waals surface area contributed by atoms with Gasteiger partial charge < -0.3 is 15.7 Å². The molecule has 1 aromatic rings. The van der Waals surface area contributed by atoms with E-state index in [-0.39, 0.29) is 12.6 Å². The van der Waals surface area contributed by atoms with E-state index in [0.717, 1.165) is 12.2 Å². The van der Waals surface area contributed by atoms with Gasteiger partial charge in [-0.3, -0.25) is 0 Å². The third-order valence-electron chi connectivity index (χ3n) is 2.02. The van der Waals surface area contributed by atoms with Gasteiger partial charge in [0.15, 0.2) is 0 Å². The molecule has 0 radical (unpaired) electrons. The number of nitrogens with one attached hydrogen (secondary N) is 2. The summed E-state index contributed by atoms with van der Waals surface area (Å²) in [5.41, 5.74) is 0. The van der Waals surface area contributed by atoms with Crippen molar-refractivity contribution in [1.29, 1.82) is 0 Å². The van der Waals surface area contributed by atoms with Crippen molar-refractivity contribution in [2.75, 3.05) is 25.4 Å². The summed E-state index contributed by atoms with van der Waals surface area (Å²) in [4.78, 5) is 12.3. The largest absolute Gasteiger partial charge is 0.395 e. The van der Waals surface area contributed by atoms with Gasteiger partial charge in [0.2, 0.25) is 0 Å². The highest BCUT2D eigenvalue weighted by atomic mass is 32.2. The lowest BCUT2D eigenvalue weighted by Crippen LogP contribution is -2.37. The molecule has 2 amide bonds. The highest BCUT2D eigenvalue weighted by molar-refractivity contribution is 7.99. The molecule has 0 bridgehead atoms. The van der Waals surface area contributed by atoms with Crippen molar-refractivity contribution < 1.29 is 9.90 Å². The van der Waals surface area contributed by atoms with Gasteiger partial charge in [0.05, 0.1) is 6.61 Å². The summed E-state index contributed by atoms with van der Waals surface area (Å²) in [5.74, 6) is 0.976. The summed E-state index contributed by atoms with van der Waals surface area (Å²) in [6, 6.07) is 9.96. The summed E-state index contributed by atoms with van der Waals surface area (Å²) in [7, 11) is 0. The predicted molar refractivity (Wildman–Crippen MR) is 70.3 cm³/mol. The first-order valence-electron chi connectivity index (χ1n) is 5.63. The van der Waals surface area contributed by atoms with Crippen molar-refractivity contribution in [1.82, 2.24) is 10.6 Å². The minimum absolute atomic E-state index is 0.0305. The summed E-state index contributed by atoms with van der Waals surface area (Å²) in [6.45, 7) is 0.916. The number of amides is 2. The van der Waals surface area contributed by atoms with E-state index in [4.69, 9.17) is 5.11 Å². The van der Waals surface area contributed by atoms with Crippen molar-refractivity contribution in [3.05, 3.63) is 30.3 Å². The number of hydrogen-bond acceptors (Lipinski definition) is 3. The van der Waals surface area contributed by atoms with Crippen LogP contribution in [-0.2, 0) is 0 Å². The molecule has 0 aliphatic carbocycles. The van der Waals surface area contributed by atoms with Crippen LogP contribution in [0, 0.1) is 0 Å². The van der Waals surface area contributed by atoms with Gasteiger partial charge in [-0.1, -0.05) is 18.2 Å². The van der Waals surface area contributed by atoms with Crippen LogP contribution >= 0.6 is 11.8 Å². The molecule has 0 aromatic heterocycles. The van der Waals surface area contributed by atoms with Crippen LogP contribution in [0.2, 0.25) is 0 Å². The first-order valence-corrected chi connectivity index (χ1v) is 6.62. The van der Waals surface area contributed by atoms with E-state index in [0.29, 0.717) is 13.1 Å². The van der Waals surface area contributed by atoms with Crippen molar-refractivity contribution >= 4 is 17.8 Å². The zero-order chi connectivity index (χ0) is 12.3. The zero-order valence-corrected chi connectivity index (χ0v) is 10.5. The van der Waals surface area contributed by atoms with E-state index in [1.54, 1.807) is 11.8 Å². The van der Waals surface area contributed by atoms with Crippen molar-refractivity contribution in [3.8, 4) is 0 Å². The van der Waals surface area contributed by atoms with E-state index in [9.17, 15) is 4.79 Å². The van der Waals surface area contributed by atoms with Crippen LogP contribution in [0.5, 0.6) is 0 Å². The molecule has 94 valence electrons. The van der Waals surface area contributed by atoms with Crippen LogP contribution in [0.25, 0.3) is 0 Å². The Hall–Kier alpha value is -1.20. The molecule has 0 aliphatic rings. The number of hydrogen-bond donors (Lipinski definition) is 3. The SMILES string of the molecule is O=C(NCCO)NCCCSc1ccccc1. The zero-order valence-electron chi connectivity index (χ0n) is 9.69. The maximum Gasteiger partial charge on any atom is 0.314 e. The van der Waals surface area contributed by atoms with Gasteiger partial charge in [-0.15, -0.1) is 11.8 Å². The Balaban J connectivity index is 1.99. The van der Waals surface area contributed by atoms with Gasteiger partial charge in [-0.25, -0.2) is 4.79 Å². The molecule has 3 N–H and O–H groups in total. The van der Waals surface area contributed by atoms with Gasteiger partial charge >= 0.3 is 6.03 Å². The molecule has 0 saturated heterocycles. The topological polar surface area (TPSA) is 61.4 Å². The number of rotatable bonds is 7. The minimum atomic E-state index is -0.219. The lowest BCUT2D eigenvalue weighted by molar-refractivity contribution is 0.234. The molecule has 0 atom stereocenters.